The lowest BCUT2D eigenvalue weighted by Gasteiger charge is -2.13. The molecule has 0 saturated carbocycles. The fourth-order valence-electron chi connectivity index (χ4n) is 1.19. The first-order valence-electron chi connectivity index (χ1n) is 5.02. The number of rotatable bonds is 8. The second-order valence-corrected chi connectivity index (χ2v) is 3.50. The van der Waals surface area contributed by atoms with Crippen molar-refractivity contribution in [1.29, 1.82) is 0 Å². The van der Waals surface area contributed by atoms with E-state index in [0.717, 1.165) is 32.1 Å². The number of unbranched alkanes of at least 4 members (excludes halogenated alkanes) is 1. The molecule has 0 radical (unpaired) electrons. The maximum atomic E-state index is 9.53. The molecule has 0 rings (SSSR count). The Bertz CT molecular complexity index is 123. The smallest absolute Gasteiger partial charge is 0.0544 e. The lowest BCUT2D eigenvalue weighted by atomic mass is 10.1. The van der Waals surface area contributed by atoms with Crippen LogP contribution in [0.15, 0.2) is 12.7 Å². The van der Waals surface area contributed by atoms with E-state index in [0.29, 0.717) is 0 Å². The lowest BCUT2D eigenvalue weighted by molar-refractivity contribution is 0.0820. The van der Waals surface area contributed by atoms with Crippen molar-refractivity contribution in [2.45, 2.75) is 51.2 Å². The van der Waals surface area contributed by atoms with E-state index in [-0.39, 0.29) is 12.2 Å². The summed E-state index contributed by atoms with van der Waals surface area (Å²) in [7, 11) is 1.70. The fourth-order valence-corrected chi connectivity index (χ4v) is 1.19. The van der Waals surface area contributed by atoms with Gasteiger partial charge in [0, 0.05) is 7.11 Å². The molecule has 2 heteroatoms. The first kappa shape index (κ1) is 12.7. The van der Waals surface area contributed by atoms with Gasteiger partial charge in [0.2, 0.25) is 0 Å². The van der Waals surface area contributed by atoms with Crippen LogP contribution in [-0.4, -0.2) is 24.4 Å². The van der Waals surface area contributed by atoms with Crippen LogP contribution in [-0.2, 0) is 4.74 Å². The zero-order valence-electron chi connectivity index (χ0n) is 8.83. The summed E-state index contributed by atoms with van der Waals surface area (Å²) < 4.78 is 5.10. The first-order valence-corrected chi connectivity index (χ1v) is 5.02. The summed E-state index contributed by atoms with van der Waals surface area (Å²) >= 11 is 0. The third kappa shape index (κ3) is 8.00. The Balaban J connectivity index is 3.28. The Morgan fingerprint density at radius 3 is 2.62 bits per heavy atom. The van der Waals surface area contributed by atoms with Crippen LogP contribution in [0.25, 0.3) is 0 Å². The van der Waals surface area contributed by atoms with Crippen molar-refractivity contribution < 1.29 is 9.84 Å². The first-order chi connectivity index (χ1) is 6.20. The Morgan fingerprint density at radius 1 is 1.38 bits per heavy atom. The van der Waals surface area contributed by atoms with Gasteiger partial charge in [0.1, 0.15) is 0 Å². The molecular formula is C11H22O2. The number of aliphatic hydroxyl groups excluding tert-OH is 1. The molecule has 0 amide bonds. The van der Waals surface area contributed by atoms with Crippen LogP contribution in [0.3, 0.4) is 0 Å². The summed E-state index contributed by atoms with van der Waals surface area (Å²) in [5, 5.41) is 9.53. The molecule has 2 unspecified atom stereocenters. The minimum absolute atomic E-state index is 0.169. The zero-order chi connectivity index (χ0) is 10.1. The van der Waals surface area contributed by atoms with Gasteiger partial charge >= 0.3 is 0 Å². The van der Waals surface area contributed by atoms with E-state index in [1.54, 1.807) is 7.11 Å². The third-order valence-electron chi connectivity index (χ3n) is 2.25. The van der Waals surface area contributed by atoms with Crippen LogP contribution in [0.5, 0.6) is 0 Å². The standard InChI is InChI=1S/C11H22O2/c1-4-5-6-7-11(12)9-8-10(2)13-3/h4,10-12H,1,5-9H2,2-3H3. The van der Waals surface area contributed by atoms with E-state index < -0.39 is 0 Å². The van der Waals surface area contributed by atoms with E-state index in [4.69, 9.17) is 4.74 Å². The monoisotopic (exact) mass is 186 g/mol. The molecule has 78 valence electrons. The number of hydrogen-bond acceptors (Lipinski definition) is 2. The number of aliphatic hydroxyl groups is 1. The normalized spacial score (nSPS) is 15.3. The van der Waals surface area contributed by atoms with Gasteiger partial charge in [-0.15, -0.1) is 6.58 Å². The average molecular weight is 186 g/mol. The van der Waals surface area contributed by atoms with E-state index in [2.05, 4.69) is 6.58 Å². The van der Waals surface area contributed by atoms with Crippen molar-refractivity contribution in [2.24, 2.45) is 0 Å². The van der Waals surface area contributed by atoms with Crippen molar-refractivity contribution >= 4 is 0 Å². The van der Waals surface area contributed by atoms with E-state index in [1.807, 2.05) is 13.0 Å². The van der Waals surface area contributed by atoms with Crippen LogP contribution in [0, 0.1) is 0 Å². The quantitative estimate of drug-likeness (QED) is 0.466. The van der Waals surface area contributed by atoms with Gasteiger partial charge in [-0.25, -0.2) is 0 Å². The van der Waals surface area contributed by atoms with Crippen molar-refractivity contribution in [1.82, 2.24) is 0 Å². The molecule has 0 aliphatic heterocycles. The minimum Gasteiger partial charge on any atom is -0.393 e. The van der Waals surface area contributed by atoms with Gasteiger partial charge in [-0.1, -0.05) is 6.08 Å². The number of methoxy groups -OCH3 is 1. The van der Waals surface area contributed by atoms with Crippen LogP contribution in [0.2, 0.25) is 0 Å². The molecule has 2 nitrogen and oxygen atoms in total. The molecule has 0 aliphatic rings. The van der Waals surface area contributed by atoms with Crippen molar-refractivity contribution in [2.75, 3.05) is 7.11 Å². The van der Waals surface area contributed by atoms with Gasteiger partial charge in [0.25, 0.3) is 0 Å². The maximum absolute atomic E-state index is 9.53. The summed E-state index contributed by atoms with van der Waals surface area (Å²) in [6.07, 6.45) is 6.67. The third-order valence-corrected chi connectivity index (χ3v) is 2.25. The van der Waals surface area contributed by atoms with E-state index >= 15 is 0 Å². The highest BCUT2D eigenvalue weighted by Crippen LogP contribution is 2.09. The second-order valence-electron chi connectivity index (χ2n) is 3.50. The maximum Gasteiger partial charge on any atom is 0.0544 e. The largest absolute Gasteiger partial charge is 0.393 e. The number of allylic oxidation sites excluding steroid dienone is 1. The average Bonchev–Trinajstić information content (AvgIpc) is 2.14. The van der Waals surface area contributed by atoms with Crippen molar-refractivity contribution in [3.63, 3.8) is 0 Å². The Morgan fingerprint density at radius 2 is 2.08 bits per heavy atom. The summed E-state index contributed by atoms with van der Waals surface area (Å²) in [4.78, 5) is 0. The Labute approximate surface area is 81.6 Å². The molecule has 1 N–H and O–H groups in total. The van der Waals surface area contributed by atoms with Crippen molar-refractivity contribution in [3.05, 3.63) is 12.7 Å². The molecule has 0 aromatic rings. The molecule has 0 heterocycles. The van der Waals surface area contributed by atoms with Gasteiger partial charge in [0.05, 0.1) is 12.2 Å². The van der Waals surface area contributed by atoms with E-state index in [1.165, 1.54) is 0 Å². The van der Waals surface area contributed by atoms with Crippen molar-refractivity contribution in [3.8, 4) is 0 Å². The van der Waals surface area contributed by atoms with E-state index in [9.17, 15) is 5.11 Å². The van der Waals surface area contributed by atoms with Gasteiger partial charge in [-0.2, -0.15) is 0 Å². The molecule has 0 aromatic carbocycles. The fraction of sp³-hybridized carbons (Fsp3) is 0.818. The van der Waals surface area contributed by atoms with Gasteiger partial charge in [-0.05, 0) is 39.0 Å². The summed E-state index contributed by atoms with van der Waals surface area (Å²) in [6, 6.07) is 0. The summed E-state index contributed by atoms with van der Waals surface area (Å²) in [5.41, 5.74) is 0. The minimum atomic E-state index is -0.169. The Hall–Kier alpha value is -0.340. The summed E-state index contributed by atoms with van der Waals surface area (Å²) in [5.74, 6) is 0. The highest BCUT2D eigenvalue weighted by Gasteiger charge is 2.06. The molecule has 0 aliphatic carbocycles. The second kappa shape index (κ2) is 8.27. The summed E-state index contributed by atoms with van der Waals surface area (Å²) in [6.45, 7) is 5.67. The van der Waals surface area contributed by atoms with Gasteiger partial charge in [-0.3, -0.25) is 0 Å². The molecule has 0 saturated heterocycles. The molecule has 0 fully saturated rings. The predicted octanol–water partition coefficient (Wildman–Crippen LogP) is 2.52. The molecule has 0 aromatic heterocycles. The molecule has 0 bridgehead atoms. The van der Waals surface area contributed by atoms with Crippen LogP contribution >= 0.6 is 0 Å². The number of ether oxygens (including phenoxy) is 1. The van der Waals surface area contributed by atoms with Gasteiger partial charge in [0.15, 0.2) is 0 Å². The van der Waals surface area contributed by atoms with Crippen LogP contribution in [0.1, 0.15) is 39.0 Å². The topological polar surface area (TPSA) is 29.5 Å². The van der Waals surface area contributed by atoms with Gasteiger partial charge < -0.3 is 9.84 Å². The van der Waals surface area contributed by atoms with Crippen LogP contribution in [0.4, 0.5) is 0 Å². The lowest BCUT2D eigenvalue weighted by Crippen LogP contribution is -2.12. The molecule has 2 atom stereocenters. The van der Waals surface area contributed by atoms with Crippen LogP contribution < -0.4 is 0 Å². The number of hydrogen-bond donors (Lipinski definition) is 1. The molecular weight excluding hydrogens is 164 g/mol. The SMILES string of the molecule is C=CCCCC(O)CCC(C)OC. The zero-order valence-corrected chi connectivity index (χ0v) is 8.83. The predicted molar refractivity (Wildman–Crippen MR) is 55.8 cm³/mol. The molecule has 0 spiro atoms. The highest BCUT2D eigenvalue weighted by molar-refractivity contribution is 4.68. The Kier molecular flexibility index (Phi) is 8.05. The molecule has 13 heavy (non-hydrogen) atoms. The highest BCUT2D eigenvalue weighted by atomic mass is 16.5.